The molecule has 1 unspecified atom stereocenters. The monoisotopic (exact) mass is 173 g/mol. The molecule has 0 aliphatic rings. The van der Waals surface area contributed by atoms with Gasteiger partial charge in [0.15, 0.2) is 0 Å². The Kier molecular flexibility index (Phi) is 6.34. The van der Waals surface area contributed by atoms with Crippen LogP contribution in [0.5, 0.6) is 0 Å². The minimum atomic E-state index is 0.546. The highest BCUT2D eigenvalue weighted by Gasteiger charge is 2.07. The molecule has 0 aliphatic heterocycles. The molecule has 0 aromatic heterocycles. The van der Waals surface area contributed by atoms with Crippen LogP contribution in [0.15, 0.2) is 0 Å². The molecule has 0 spiro atoms. The van der Waals surface area contributed by atoms with Crippen LogP contribution in [-0.2, 0) is 0 Å². The van der Waals surface area contributed by atoms with E-state index in [9.17, 15) is 0 Å². The van der Waals surface area contributed by atoms with Gasteiger partial charge < -0.3 is 15.5 Å². The van der Waals surface area contributed by atoms with Crippen molar-refractivity contribution < 1.29 is 0 Å². The van der Waals surface area contributed by atoms with Gasteiger partial charge in [-0.25, -0.2) is 0 Å². The highest BCUT2D eigenvalue weighted by molar-refractivity contribution is 4.66. The quantitative estimate of drug-likeness (QED) is 0.623. The molecule has 0 saturated heterocycles. The van der Waals surface area contributed by atoms with Gasteiger partial charge in [0, 0.05) is 12.6 Å². The Morgan fingerprint density at radius 1 is 1.17 bits per heavy atom. The van der Waals surface area contributed by atoms with Crippen molar-refractivity contribution >= 4 is 0 Å². The molecular formula is C9H23N3. The first-order valence-electron chi connectivity index (χ1n) is 4.59. The van der Waals surface area contributed by atoms with Crippen LogP contribution in [0, 0.1) is 0 Å². The zero-order chi connectivity index (χ0) is 9.56. The van der Waals surface area contributed by atoms with Crippen LogP contribution in [0.4, 0.5) is 0 Å². The zero-order valence-corrected chi connectivity index (χ0v) is 8.88. The van der Waals surface area contributed by atoms with Gasteiger partial charge in [-0.3, -0.25) is 0 Å². The van der Waals surface area contributed by atoms with Crippen LogP contribution in [-0.4, -0.2) is 57.1 Å². The van der Waals surface area contributed by atoms with E-state index in [2.05, 4.69) is 38.0 Å². The summed E-state index contributed by atoms with van der Waals surface area (Å²) in [6.07, 6.45) is 2.43. The van der Waals surface area contributed by atoms with E-state index >= 15 is 0 Å². The summed E-state index contributed by atoms with van der Waals surface area (Å²) in [4.78, 5) is 4.42. The van der Waals surface area contributed by atoms with Gasteiger partial charge in [-0.2, -0.15) is 0 Å². The van der Waals surface area contributed by atoms with Crippen LogP contribution < -0.4 is 5.73 Å². The van der Waals surface area contributed by atoms with Gasteiger partial charge in [0.2, 0.25) is 0 Å². The lowest BCUT2D eigenvalue weighted by molar-refractivity contribution is 0.268. The first kappa shape index (κ1) is 11.9. The third kappa shape index (κ3) is 5.52. The van der Waals surface area contributed by atoms with E-state index in [1.807, 2.05) is 0 Å². The van der Waals surface area contributed by atoms with Crippen molar-refractivity contribution in [3.8, 4) is 0 Å². The van der Waals surface area contributed by atoms with Crippen molar-refractivity contribution in [1.82, 2.24) is 9.80 Å². The number of hydrogen-bond acceptors (Lipinski definition) is 3. The van der Waals surface area contributed by atoms with Gasteiger partial charge in [0.05, 0.1) is 0 Å². The Morgan fingerprint density at radius 2 is 1.75 bits per heavy atom. The fraction of sp³-hybridized carbons (Fsp3) is 1.00. The summed E-state index contributed by atoms with van der Waals surface area (Å²) < 4.78 is 0. The van der Waals surface area contributed by atoms with Gasteiger partial charge in [-0.15, -0.1) is 0 Å². The van der Waals surface area contributed by atoms with Crippen molar-refractivity contribution in [3.05, 3.63) is 0 Å². The molecule has 0 aromatic carbocycles. The lowest BCUT2D eigenvalue weighted by Crippen LogP contribution is -2.35. The minimum absolute atomic E-state index is 0.546. The predicted octanol–water partition coefficient (Wildman–Crippen LogP) is 0.217. The first-order valence-corrected chi connectivity index (χ1v) is 4.59. The predicted molar refractivity (Wildman–Crippen MR) is 54.3 cm³/mol. The van der Waals surface area contributed by atoms with Crippen molar-refractivity contribution in [3.63, 3.8) is 0 Å². The maximum Gasteiger partial charge on any atom is 0.0212 e. The molecule has 3 heteroatoms. The minimum Gasteiger partial charge on any atom is -0.329 e. The molecule has 0 radical (unpaired) electrons. The van der Waals surface area contributed by atoms with Crippen molar-refractivity contribution in [2.45, 2.75) is 18.9 Å². The molecular weight excluding hydrogens is 150 g/mol. The molecule has 3 nitrogen and oxygen atoms in total. The van der Waals surface area contributed by atoms with E-state index in [0.29, 0.717) is 6.04 Å². The summed E-state index contributed by atoms with van der Waals surface area (Å²) >= 11 is 0. The van der Waals surface area contributed by atoms with Crippen molar-refractivity contribution in [2.75, 3.05) is 41.3 Å². The van der Waals surface area contributed by atoms with E-state index in [1.165, 1.54) is 12.8 Å². The molecule has 0 heterocycles. The van der Waals surface area contributed by atoms with Crippen LogP contribution in [0.2, 0.25) is 0 Å². The Labute approximate surface area is 76.5 Å². The van der Waals surface area contributed by atoms with E-state index in [-0.39, 0.29) is 0 Å². The second-order valence-corrected chi connectivity index (χ2v) is 3.80. The number of rotatable bonds is 6. The first-order chi connectivity index (χ1) is 5.57. The lowest BCUT2D eigenvalue weighted by atomic mass is 10.1. The maximum absolute atomic E-state index is 5.64. The largest absolute Gasteiger partial charge is 0.329 e. The van der Waals surface area contributed by atoms with Crippen LogP contribution in [0.3, 0.4) is 0 Å². The number of hydrogen-bond donors (Lipinski definition) is 1. The second-order valence-electron chi connectivity index (χ2n) is 3.80. The van der Waals surface area contributed by atoms with Crippen LogP contribution >= 0.6 is 0 Å². The summed E-state index contributed by atoms with van der Waals surface area (Å²) in [6.45, 7) is 1.92. The summed E-state index contributed by atoms with van der Waals surface area (Å²) in [7, 11) is 8.39. The SMILES string of the molecule is CN(C)CCCC(CN)N(C)C. The van der Waals surface area contributed by atoms with Crippen LogP contribution in [0.25, 0.3) is 0 Å². The van der Waals surface area contributed by atoms with Gasteiger partial charge in [-0.05, 0) is 47.6 Å². The third-order valence-corrected chi connectivity index (χ3v) is 2.15. The normalized spacial score (nSPS) is 14.2. The molecule has 0 saturated carbocycles. The molecule has 0 aromatic rings. The van der Waals surface area contributed by atoms with Gasteiger partial charge >= 0.3 is 0 Å². The highest BCUT2D eigenvalue weighted by atomic mass is 15.1. The maximum atomic E-state index is 5.64. The Bertz CT molecular complexity index is 102. The van der Waals surface area contributed by atoms with E-state index in [4.69, 9.17) is 5.73 Å². The summed E-state index contributed by atoms with van der Waals surface area (Å²) in [6, 6.07) is 0.546. The third-order valence-electron chi connectivity index (χ3n) is 2.15. The average molecular weight is 173 g/mol. The molecule has 1 atom stereocenters. The van der Waals surface area contributed by atoms with E-state index < -0.39 is 0 Å². The standard InChI is InChI=1S/C9H23N3/c1-11(2)7-5-6-9(8-10)12(3)4/h9H,5-8,10H2,1-4H3. The molecule has 0 bridgehead atoms. The Hall–Kier alpha value is -0.120. The zero-order valence-electron chi connectivity index (χ0n) is 8.88. The topological polar surface area (TPSA) is 32.5 Å². The molecule has 74 valence electrons. The van der Waals surface area contributed by atoms with E-state index in [0.717, 1.165) is 13.1 Å². The molecule has 2 N–H and O–H groups in total. The molecule has 0 amide bonds. The Balaban J connectivity index is 3.45. The second kappa shape index (κ2) is 6.40. The molecule has 0 aliphatic carbocycles. The number of nitrogens with zero attached hydrogens (tertiary/aromatic N) is 2. The summed E-state index contributed by atoms with van der Waals surface area (Å²) in [5.74, 6) is 0. The smallest absolute Gasteiger partial charge is 0.0212 e. The van der Waals surface area contributed by atoms with Gasteiger partial charge in [-0.1, -0.05) is 0 Å². The Morgan fingerprint density at radius 3 is 2.08 bits per heavy atom. The van der Waals surface area contributed by atoms with Crippen LogP contribution in [0.1, 0.15) is 12.8 Å². The van der Waals surface area contributed by atoms with Crippen molar-refractivity contribution in [1.29, 1.82) is 0 Å². The van der Waals surface area contributed by atoms with E-state index in [1.54, 1.807) is 0 Å². The van der Waals surface area contributed by atoms with Gasteiger partial charge in [0.25, 0.3) is 0 Å². The fourth-order valence-electron chi connectivity index (χ4n) is 1.23. The lowest BCUT2D eigenvalue weighted by Gasteiger charge is -2.23. The summed E-state index contributed by atoms with van der Waals surface area (Å²) in [5, 5.41) is 0. The number of likely N-dealkylation sites (N-methyl/N-ethyl adjacent to an activating group) is 1. The summed E-state index contributed by atoms with van der Waals surface area (Å²) in [5.41, 5.74) is 5.64. The molecule has 0 fully saturated rings. The highest BCUT2D eigenvalue weighted by Crippen LogP contribution is 2.01. The van der Waals surface area contributed by atoms with Crippen molar-refractivity contribution in [2.24, 2.45) is 5.73 Å². The van der Waals surface area contributed by atoms with Gasteiger partial charge in [0.1, 0.15) is 0 Å². The molecule has 0 rings (SSSR count). The number of nitrogens with two attached hydrogens (primary N) is 1. The average Bonchev–Trinajstić information content (AvgIpc) is 1.96. The molecule has 12 heavy (non-hydrogen) atoms. The fourth-order valence-corrected chi connectivity index (χ4v) is 1.23.